The van der Waals surface area contributed by atoms with Gasteiger partial charge >= 0.3 is 0 Å². The van der Waals surface area contributed by atoms with Crippen LogP contribution in [0, 0.1) is 5.82 Å². The molecule has 198 valence electrons. The van der Waals surface area contributed by atoms with E-state index in [9.17, 15) is 14.3 Å². The third-order valence-electron chi connectivity index (χ3n) is 7.91. The number of carbonyl (C=O) groups excluding carboxylic acids is 1. The number of phenols is 1. The molecule has 0 radical (unpaired) electrons. The second-order valence-corrected chi connectivity index (χ2v) is 10.4. The minimum absolute atomic E-state index is 0.159. The fourth-order valence-corrected chi connectivity index (χ4v) is 5.73. The van der Waals surface area contributed by atoms with Gasteiger partial charge in [-0.15, -0.1) is 0 Å². The summed E-state index contributed by atoms with van der Waals surface area (Å²) in [6.07, 6.45) is 1.22. The number of rotatable bonds is 4. The number of carbonyl (C=O) groups is 1. The number of aromatic hydroxyl groups is 1. The quantitative estimate of drug-likeness (QED) is 0.331. The van der Waals surface area contributed by atoms with Gasteiger partial charge in [0.2, 0.25) is 5.91 Å². The van der Waals surface area contributed by atoms with Crippen LogP contribution in [0.5, 0.6) is 5.75 Å². The molecule has 4 N–H and O–H groups in total. The molecule has 9 nitrogen and oxygen atoms in total. The van der Waals surface area contributed by atoms with Crippen molar-refractivity contribution in [2.75, 3.05) is 26.7 Å². The number of phenolic OH excluding ortho intramolecular Hbond substituents is 1. The number of aromatic nitrogens is 4. The topological polar surface area (TPSA) is 113 Å². The lowest BCUT2D eigenvalue weighted by molar-refractivity contribution is -0.140. The van der Waals surface area contributed by atoms with E-state index in [1.807, 2.05) is 37.1 Å². The molecular formula is C28H32FN7O2. The van der Waals surface area contributed by atoms with E-state index < -0.39 is 5.82 Å². The number of nitrogens with zero attached hydrogens (tertiary/aromatic N) is 4. The lowest BCUT2D eigenvalue weighted by Gasteiger charge is -2.39. The number of piperazine rings is 1. The van der Waals surface area contributed by atoms with Gasteiger partial charge in [-0.2, -0.15) is 5.10 Å². The van der Waals surface area contributed by atoms with Gasteiger partial charge < -0.3 is 20.3 Å². The molecule has 4 aromatic rings. The van der Waals surface area contributed by atoms with Crippen LogP contribution in [0.3, 0.4) is 0 Å². The molecule has 1 fully saturated rings. The SMILES string of the molecule is CCc1cc(O)c(F)cc1-c1ccc2c(-c3nc4c([nH]3)CN(C)C(C(=O)N3CCNCC3C)C4)n[nH]c2c1. The number of benzene rings is 2. The summed E-state index contributed by atoms with van der Waals surface area (Å²) in [5.74, 6) is -0.159. The first-order valence-electron chi connectivity index (χ1n) is 13.1. The fraction of sp³-hybridized carbons (Fsp3) is 0.393. The molecule has 6 rings (SSSR count). The van der Waals surface area contributed by atoms with Gasteiger partial charge in [0.25, 0.3) is 0 Å². The van der Waals surface area contributed by atoms with E-state index in [-0.39, 0.29) is 23.7 Å². The zero-order valence-corrected chi connectivity index (χ0v) is 21.8. The van der Waals surface area contributed by atoms with Crippen molar-refractivity contribution in [3.63, 3.8) is 0 Å². The van der Waals surface area contributed by atoms with Crippen molar-refractivity contribution in [2.45, 2.75) is 45.3 Å². The van der Waals surface area contributed by atoms with Crippen LogP contribution in [0.25, 0.3) is 33.5 Å². The fourth-order valence-electron chi connectivity index (χ4n) is 5.73. The zero-order chi connectivity index (χ0) is 26.6. The van der Waals surface area contributed by atoms with Crippen LogP contribution >= 0.6 is 0 Å². The third kappa shape index (κ3) is 4.13. The number of amides is 1. The first-order chi connectivity index (χ1) is 18.3. The van der Waals surface area contributed by atoms with Gasteiger partial charge in [0.1, 0.15) is 5.69 Å². The smallest absolute Gasteiger partial charge is 0.240 e. The average Bonchev–Trinajstić information content (AvgIpc) is 3.52. The molecule has 2 unspecified atom stereocenters. The molecule has 2 atom stereocenters. The van der Waals surface area contributed by atoms with E-state index in [1.54, 1.807) is 0 Å². The Hall–Kier alpha value is -3.76. The second-order valence-electron chi connectivity index (χ2n) is 10.4. The molecule has 2 aliphatic heterocycles. The van der Waals surface area contributed by atoms with E-state index in [4.69, 9.17) is 4.98 Å². The Morgan fingerprint density at radius 2 is 2.11 bits per heavy atom. The number of halogens is 1. The summed E-state index contributed by atoms with van der Waals surface area (Å²) in [5.41, 5.74) is 5.86. The van der Waals surface area contributed by atoms with Crippen molar-refractivity contribution in [3.8, 4) is 28.4 Å². The highest BCUT2D eigenvalue weighted by atomic mass is 19.1. The maximum atomic E-state index is 14.2. The Morgan fingerprint density at radius 1 is 1.26 bits per heavy atom. The summed E-state index contributed by atoms with van der Waals surface area (Å²) in [6.45, 7) is 7.02. The van der Waals surface area contributed by atoms with Gasteiger partial charge in [-0.05, 0) is 61.3 Å². The molecule has 2 aromatic heterocycles. The molecule has 0 spiro atoms. The maximum absolute atomic E-state index is 14.2. The molecule has 1 amide bonds. The van der Waals surface area contributed by atoms with Crippen LogP contribution in [0.1, 0.15) is 30.8 Å². The van der Waals surface area contributed by atoms with Gasteiger partial charge in [-0.1, -0.05) is 13.0 Å². The summed E-state index contributed by atoms with van der Waals surface area (Å²) in [7, 11) is 1.99. The summed E-state index contributed by atoms with van der Waals surface area (Å²) in [5, 5.41) is 21.7. The predicted octanol–water partition coefficient (Wildman–Crippen LogP) is 3.20. The Kier molecular flexibility index (Phi) is 6.16. The molecule has 0 saturated carbocycles. The third-order valence-corrected chi connectivity index (χ3v) is 7.91. The van der Waals surface area contributed by atoms with Crippen LogP contribution in [-0.4, -0.2) is 79.7 Å². The van der Waals surface area contributed by atoms with Gasteiger partial charge in [0.15, 0.2) is 17.4 Å². The molecule has 2 aliphatic rings. The van der Waals surface area contributed by atoms with Gasteiger partial charge in [-0.3, -0.25) is 14.8 Å². The van der Waals surface area contributed by atoms with Crippen molar-refractivity contribution in [3.05, 3.63) is 53.1 Å². The standard InChI is InChI=1S/C28H32FN7O2/c1-4-16-10-25(37)20(29)11-19(16)17-5-6-18-21(9-17)33-34-26(18)27-31-22-12-24(35(3)14-23(22)32-27)28(38)36-8-7-30-13-15(36)2/h5-6,9-11,15,24,30,37H,4,7-8,12-14H2,1-3H3,(H,31,32)(H,33,34). The van der Waals surface area contributed by atoms with Crippen molar-refractivity contribution in [1.29, 1.82) is 0 Å². The summed E-state index contributed by atoms with van der Waals surface area (Å²) in [6, 6.07) is 8.63. The largest absolute Gasteiger partial charge is 0.505 e. The second kappa shape index (κ2) is 9.52. The Bertz CT molecular complexity index is 1530. The van der Waals surface area contributed by atoms with Crippen molar-refractivity contribution in [1.82, 2.24) is 35.3 Å². The zero-order valence-electron chi connectivity index (χ0n) is 21.8. The Labute approximate surface area is 220 Å². The molecule has 0 bridgehead atoms. The number of hydrogen-bond donors (Lipinski definition) is 4. The molecule has 1 saturated heterocycles. The van der Waals surface area contributed by atoms with E-state index in [0.717, 1.165) is 58.6 Å². The number of imidazole rings is 1. The highest BCUT2D eigenvalue weighted by Gasteiger charge is 2.36. The minimum atomic E-state index is -0.642. The summed E-state index contributed by atoms with van der Waals surface area (Å²) >= 11 is 0. The number of nitrogens with one attached hydrogen (secondary N) is 3. The number of H-pyrrole nitrogens is 2. The first-order valence-corrected chi connectivity index (χ1v) is 13.1. The predicted molar refractivity (Wildman–Crippen MR) is 143 cm³/mol. The summed E-state index contributed by atoms with van der Waals surface area (Å²) < 4.78 is 14.2. The molecular weight excluding hydrogens is 485 g/mol. The molecule has 38 heavy (non-hydrogen) atoms. The number of likely N-dealkylation sites (N-methyl/N-ethyl adjacent to an activating group) is 1. The summed E-state index contributed by atoms with van der Waals surface area (Å²) in [4.78, 5) is 25.8. The normalized spacial score (nSPS) is 20.2. The van der Waals surface area contributed by atoms with E-state index in [0.29, 0.717) is 30.9 Å². The number of fused-ring (bicyclic) bond motifs is 2. The van der Waals surface area contributed by atoms with Crippen molar-refractivity contribution in [2.24, 2.45) is 0 Å². The van der Waals surface area contributed by atoms with Crippen LogP contribution in [-0.2, 0) is 24.2 Å². The molecule has 10 heteroatoms. The highest BCUT2D eigenvalue weighted by Crippen LogP contribution is 2.34. The Balaban J connectivity index is 1.29. The first kappa shape index (κ1) is 24.6. The molecule has 2 aromatic carbocycles. The van der Waals surface area contributed by atoms with Gasteiger partial charge in [0, 0.05) is 44.0 Å². The molecule has 0 aliphatic carbocycles. The van der Waals surface area contributed by atoms with Crippen molar-refractivity contribution < 1.29 is 14.3 Å². The maximum Gasteiger partial charge on any atom is 0.240 e. The minimum Gasteiger partial charge on any atom is -0.505 e. The van der Waals surface area contributed by atoms with E-state index >= 15 is 0 Å². The van der Waals surface area contributed by atoms with E-state index in [2.05, 4.69) is 32.3 Å². The van der Waals surface area contributed by atoms with E-state index in [1.165, 1.54) is 12.1 Å². The average molecular weight is 518 g/mol. The van der Waals surface area contributed by atoms with Gasteiger partial charge in [0.05, 0.1) is 22.9 Å². The van der Waals surface area contributed by atoms with Crippen molar-refractivity contribution >= 4 is 16.8 Å². The monoisotopic (exact) mass is 517 g/mol. The number of aryl methyl sites for hydroxylation is 1. The lowest BCUT2D eigenvalue weighted by atomic mass is 9.96. The molecule has 4 heterocycles. The highest BCUT2D eigenvalue weighted by molar-refractivity contribution is 5.94. The van der Waals surface area contributed by atoms with Crippen LogP contribution in [0.15, 0.2) is 30.3 Å². The lowest BCUT2D eigenvalue weighted by Crippen LogP contribution is -2.58. The van der Waals surface area contributed by atoms with Crippen LogP contribution in [0.4, 0.5) is 4.39 Å². The number of aromatic amines is 2. The van der Waals surface area contributed by atoms with Crippen LogP contribution in [0.2, 0.25) is 0 Å². The van der Waals surface area contributed by atoms with Crippen LogP contribution < -0.4 is 5.32 Å². The Morgan fingerprint density at radius 3 is 2.89 bits per heavy atom. The number of hydrogen-bond acceptors (Lipinski definition) is 6. The van der Waals surface area contributed by atoms with Gasteiger partial charge in [-0.25, -0.2) is 9.37 Å².